The van der Waals surface area contributed by atoms with Crippen LogP contribution in [0.2, 0.25) is 0 Å². The molecule has 0 bridgehead atoms. The lowest BCUT2D eigenvalue weighted by atomic mass is 9.82. The highest BCUT2D eigenvalue weighted by atomic mass is 16.3. The van der Waals surface area contributed by atoms with Crippen molar-refractivity contribution >= 4 is 0 Å². The molecule has 2 aromatic rings. The fourth-order valence-electron chi connectivity index (χ4n) is 3.83. The first-order chi connectivity index (χ1) is 12.0. The summed E-state index contributed by atoms with van der Waals surface area (Å²) in [4.78, 5) is 0. The van der Waals surface area contributed by atoms with Gasteiger partial charge in [-0.05, 0) is 40.5 Å². The van der Waals surface area contributed by atoms with Gasteiger partial charge >= 0.3 is 0 Å². The molecule has 0 spiro atoms. The average molecular weight is 338 g/mol. The van der Waals surface area contributed by atoms with Crippen LogP contribution in [0.1, 0.15) is 74.1 Å². The van der Waals surface area contributed by atoms with Crippen LogP contribution >= 0.6 is 0 Å². The van der Waals surface area contributed by atoms with E-state index in [-0.39, 0.29) is 18.1 Å². The first kappa shape index (κ1) is 18.2. The molecule has 1 heterocycles. The Kier molecular flexibility index (Phi) is 5.61. The van der Waals surface area contributed by atoms with Crippen molar-refractivity contribution in [1.29, 1.82) is 0 Å². The highest BCUT2D eigenvalue weighted by molar-refractivity contribution is 5.38. The molecule has 2 heteroatoms. The molecule has 134 valence electrons. The molecule has 1 fully saturated rings. The van der Waals surface area contributed by atoms with Gasteiger partial charge in [0.15, 0.2) is 0 Å². The lowest BCUT2D eigenvalue weighted by Crippen LogP contribution is -2.29. The topological polar surface area (TPSA) is 32.3 Å². The third kappa shape index (κ3) is 4.13. The van der Waals surface area contributed by atoms with Crippen LogP contribution in [0.3, 0.4) is 0 Å². The molecule has 2 N–H and O–H groups in total. The minimum absolute atomic E-state index is 0.239. The summed E-state index contributed by atoms with van der Waals surface area (Å²) in [5.74, 6) is 1.37. The van der Waals surface area contributed by atoms with E-state index in [4.69, 9.17) is 0 Å². The second-order valence-corrected chi connectivity index (χ2v) is 8.02. The van der Waals surface area contributed by atoms with Gasteiger partial charge in [-0.15, -0.1) is 0 Å². The Bertz CT molecular complexity index is 621. The molecule has 0 aromatic heterocycles. The number of aliphatic hydroxyl groups is 1. The molecular formula is C23H31NO. The summed E-state index contributed by atoms with van der Waals surface area (Å²) in [5.41, 5.74) is 5.40. The standard InChI is InChI=1S/C23H31NO/c1-15(2)17-5-9-19(10-6-17)23(22-13-21(25)14-24-22)20-11-7-18(8-12-20)16(3)4/h5-12,15-16,21-25H,13-14H2,1-4H3/t21-,22+/m0/s1. The maximum absolute atomic E-state index is 10.0. The number of β-amino-alcohol motifs (C(OH)–C–C–N with tert-alkyl or cyclic N) is 1. The molecule has 0 radical (unpaired) electrons. The van der Waals surface area contributed by atoms with Gasteiger partial charge in [0.2, 0.25) is 0 Å². The number of aliphatic hydroxyl groups excluding tert-OH is 1. The highest BCUT2D eigenvalue weighted by Gasteiger charge is 2.31. The van der Waals surface area contributed by atoms with E-state index in [2.05, 4.69) is 81.5 Å². The molecule has 1 aliphatic rings. The average Bonchev–Trinajstić information content (AvgIpc) is 3.02. The minimum atomic E-state index is -0.239. The number of rotatable bonds is 5. The fraction of sp³-hybridized carbons (Fsp3) is 0.478. The monoisotopic (exact) mass is 337 g/mol. The zero-order chi connectivity index (χ0) is 18.0. The lowest BCUT2D eigenvalue weighted by Gasteiger charge is -2.26. The van der Waals surface area contributed by atoms with Crippen LogP contribution in [-0.4, -0.2) is 23.8 Å². The van der Waals surface area contributed by atoms with Crippen LogP contribution in [0, 0.1) is 0 Å². The van der Waals surface area contributed by atoms with Crippen molar-refractivity contribution in [2.24, 2.45) is 0 Å². The predicted octanol–water partition coefficient (Wildman–Crippen LogP) is 4.79. The van der Waals surface area contributed by atoms with Crippen LogP contribution < -0.4 is 5.32 Å². The second-order valence-electron chi connectivity index (χ2n) is 8.02. The number of nitrogens with one attached hydrogen (secondary N) is 1. The Morgan fingerprint density at radius 2 is 1.16 bits per heavy atom. The van der Waals surface area contributed by atoms with Crippen molar-refractivity contribution in [3.05, 3.63) is 70.8 Å². The van der Waals surface area contributed by atoms with Crippen LogP contribution in [0.25, 0.3) is 0 Å². The van der Waals surface area contributed by atoms with Crippen molar-refractivity contribution in [2.75, 3.05) is 6.54 Å². The van der Waals surface area contributed by atoms with Gasteiger partial charge in [0.1, 0.15) is 0 Å². The van der Waals surface area contributed by atoms with Crippen LogP contribution in [0.5, 0.6) is 0 Å². The Morgan fingerprint density at radius 3 is 1.48 bits per heavy atom. The fourth-order valence-corrected chi connectivity index (χ4v) is 3.83. The minimum Gasteiger partial charge on any atom is -0.392 e. The Hall–Kier alpha value is -1.64. The van der Waals surface area contributed by atoms with Gasteiger partial charge in [0.25, 0.3) is 0 Å². The van der Waals surface area contributed by atoms with Crippen LogP contribution in [0.15, 0.2) is 48.5 Å². The number of benzene rings is 2. The van der Waals surface area contributed by atoms with Crippen molar-refractivity contribution in [3.8, 4) is 0 Å². The molecule has 25 heavy (non-hydrogen) atoms. The molecule has 2 aromatic carbocycles. The van der Waals surface area contributed by atoms with Gasteiger partial charge in [0.05, 0.1) is 6.10 Å². The Morgan fingerprint density at radius 1 is 0.760 bits per heavy atom. The molecule has 0 aliphatic carbocycles. The summed E-state index contributed by atoms with van der Waals surface area (Å²) in [6, 6.07) is 18.4. The normalized spacial score (nSPS) is 20.8. The molecule has 1 saturated heterocycles. The third-order valence-electron chi connectivity index (χ3n) is 5.47. The second kappa shape index (κ2) is 7.72. The Balaban J connectivity index is 1.94. The predicted molar refractivity (Wildman–Crippen MR) is 105 cm³/mol. The van der Waals surface area contributed by atoms with Crippen molar-refractivity contribution in [1.82, 2.24) is 5.32 Å². The summed E-state index contributed by atoms with van der Waals surface area (Å²) >= 11 is 0. The van der Waals surface area contributed by atoms with Gasteiger partial charge in [-0.25, -0.2) is 0 Å². The van der Waals surface area contributed by atoms with Crippen LogP contribution in [-0.2, 0) is 0 Å². The summed E-state index contributed by atoms with van der Waals surface area (Å²) < 4.78 is 0. The molecule has 0 amide bonds. The highest BCUT2D eigenvalue weighted by Crippen LogP contribution is 2.33. The van der Waals surface area contributed by atoms with E-state index in [1.54, 1.807) is 0 Å². The van der Waals surface area contributed by atoms with Gasteiger partial charge in [-0.3, -0.25) is 0 Å². The van der Waals surface area contributed by atoms with Crippen molar-refractivity contribution in [3.63, 3.8) is 0 Å². The molecular weight excluding hydrogens is 306 g/mol. The smallest absolute Gasteiger partial charge is 0.0679 e. The molecule has 3 rings (SSSR count). The van der Waals surface area contributed by atoms with E-state index < -0.39 is 0 Å². The SMILES string of the molecule is CC(C)c1ccc(C(c2ccc(C(C)C)cc2)[C@H]2C[C@H](O)CN2)cc1. The first-order valence-corrected chi connectivity index (χ1v) is 9.57. The first-order valence-electron chi connectivity index (χ1n) is 9.57. The van der Waals surface area contributed by atoms with Gasteiger partial charge in [0, 0.05) is 18.5 Å². The van der Waals surface area contributed by atoms with Gasteiger partial charge < -0.3 is 10.4 Å². The molecule has 1 aliphatic heterocycles. The molecule has 0 unspecified atom stereocenters. The van der Waals surface area contributed by atoms with E-state index in [0.717, 1.165) is 6.42 Å². The van der Waals surface area contributed by atoms with E-state index in [0.29, 0.717) is 18.4 Å². The molecule has 2 atom stereocenters. The van der Waals surface area contributed by atoms with E-state index in [9.17, 15) is 5.11 Å². The summed E-state index contributed by atoms with van der Waals surface area (Å²) in [5, 5.41) is 13.5. The summed E-state index contributed by atoms with van der Waals surface area (Å²) in [6.07, 6.45) is 0.570. The maximum Gasteiger partial charge on any atom is 0.0679 e. The van der Waals surface area contributed by atoms with E-state index in [1.807, 2.05) is 0 Å². The van der Waals surface area contributed by atoms with Gasteiger partial charge in [-0.1, -0.05) is 76.2 Å². The molecule has 0 saturated carbocycles. The quantitative estimate of drug-likeness (QED) is 0.822. The van der Waals surface area contributed by atoms with Crippen molar-refractivity contribution < 1.29 is 5.11 Å². The maximum atomic E-state index is 10.0. The van der Waals surface area contributed by atoms with Crippen molar-refractivity contribution in [2.45, 2.75) is 64.0 Å². The Labute approximate surface area is 152 Å². The van der Waals surface area contributed by atoms with Gasteiger partial charge in [-0.2, -0.15) is 0 Å². The van der Waals surface area contributed by atoms with E-state index >= 15 is 0 Å². The zero-order valence-electron chi connectivity index (χ0n) is 15.9. The third-order valence-corrected chi connectivity index (χ3v) is 5.47. The van der Waals surface area contributed by atoms with E-state index in [1.165, 1.54) is 22.3 Å². The summed E-state index contributed by atoms with van der Waals surface area (Å²) in [7, 11) is 0. The molecule has 2 nitrogen and oxygen atoms in total. The largest absolute Gasteiger partial charge is 0.392 e. The number of hydrogen-bond donors (Lipinski definition) is 2. The summed E-state index contributed by atoms with van der Waals surface area (Å²) in [6.45, 7) is 9.60. The zero-order valence-corrected chi connectivity index (χ0v) is 15.9. The van der Waals surface area contributed by atoms with Crippen LogP contribution in [0.4, 0.5) is 0 Å². The lowest BCUT2D eigenvalue weighted by molar-refractivity contribution is 0.192. The number of hydrogen-bond acceptors (Lipinski definition) is 2.